The summed E-state index contributed by atoms with van der Waals surface area (Å²) in [6.45, 7) is 8.15. The second-order valence-corrected chi connectivity index (χ2v) is 10.5. The molecule has 0 spiro atoms. The van der Waals surface area contributed by atoms with E-state index in [-0.39, 0.29) is 17.4 Å². The second-order valence-electron chi connectivity index (χ2n) is 10.2. The van der Waals surface area contributed by atoms with Crippen LogP contribution < -0.4 is 4.90 Å². The predicted molar refractivity (Wildman–Crippen MR) is 126 cm³/mol. The molecule has 2 aliphatic heterocycles. The van der Waals surface area contributed by atoms with Crippen LogP contribution in [0.5, 0.6) is 0 Å². The minimum atomic E-state index is -0.493. The first kappa shape index (κ1) is 21.5. The van der Waals surface area contributed by atoms with Gasteiger partial charge in [0.15, 0.2) is 0 Å². The van der Waals surface area contributed by atoms with E-state index in [1.807, 2.05) is 25.7 Å². The quantitative estimate of drug-likeness (QED) is 0.559. The normalized spacial score (nSPS) is 22.6. The topological polar surface area (TPSA) is 58.6 Å². The van der Waals surface area contributed by atoms with Crippen molar-refractivity contribution in [3.05, 3.63) is 40.7 Å². The lowest BCUT2D eigenvalue weighted by molar-refractivity contribution is 0.00669. The molecule has 2 unspecified atom stereocenters. The lowest BCUT2D eigenvalue weighted by Crippen LogP contribution is -2.50. The number of anilines is 1. The summed E-state index contributed by atoms with van der Waals surface area (Å²) in [5, 5.41) is 0.286. The van der Waals surface area contributed by atoms with Gasteiger partial charge in [-0.2, -0.15) is 0 Å². The highest BCUT2D eigenvalue weighted by atomic mass is 35.5. The van der Waals surface area contributed by atoms with Crippen LogP contribution in [0.2, 0.25) is 5.28 Å². The van der Waals surface area contributed by atoms with Crippen molar-refractivity contribution in [3.63, 3.8) is 0 Å². The molecule has 0 saturated carbocycles. The summed E-state index contributed by atoms with van der Waals surface area (Å²) in [6, 6.07) is 8.61. The average Bonchev–Trinajstić information content (AvgIpc) is 3.09. The van der Waals surface area contributed by atoms with Crippen LogP contribution in [-0.2, 0) is 17.6 Å². The molecule has 1 amide bonds. The van der Waals surface area contributed by atoms with Crippen molar-refractivity contribution >= 4 is 23.5 Å². The first-order chi connectivity index (χ1) is 15.3. The van der Waals surface area contributed by atoms with Gasteiger partial charge in [0.2, 0.25) is 5.28 Å². The van der Waals surface area contributed by atoms with Crippen LogP contribution in [0.25, 0.3) is 11.3 Å². The molecule has 3 heterocycles. The summed E-state index contributed by atoms with van der Waals surface area (Å²) < 4.78 is 5.71. The van der Waals surface area contributed by atoms with E-state index in [1.54, 1.807) is 0 Å². The van der Waals surface area contributed by atoms with E-state index in [0.717, 1.165) is 68.8 Å². The molecule has 7 heteroatoms. The number of aryl methyl sites for hydroxylation is 1. The molecule has 3 aliphatic rings. The molecular weight excluding hydrogens is 424 g/mol. The fourth-order valence-corrected chi connectivity index (χ4v) is 5.65. The zero-order valence-corrected chi connectivity index (χ0v) is 19.9. The van der Waals surface area contributed by atoms with E-state index < -0.39 is 5.60 Å². The Balaban J connectivity index is 1.47. The molecule has 2 aromatic rings. The SMILES string of the molecule is CC(C)(C)OC(=O)N1CCCC2CN(c3nc(Cl)nc4c3CCCc3ccccc3-4)CC21. The molecule has 0 N–H and O–H groups in total. The number of hydrogen-bond donors (Lipinski definition) is 0. The molecule has 1 aromatic heterocycles. The number of carbonyl (C=O) groups is 1. The molecule has 1 aromatic carbocycles. The maximum Gasteiger partial charge on any atom is 0.410 e. The third kappa shape index (κ3) is 4.05. The molecule has 2 atom stereocenters. The molecule has 0 radical (unpaired) electrons. The minimum Gasteiger partial charge on any atom is -0.444 e. The fraction of sp³-hybridized carbons (Fsp3) is 0.560. The van der Waals surface area contributed by atoms with Gasteiger partial charge in [0, 0.05) is 30.8 Å². The molecule has 170 valence electrons. The van der Waals surface area contributed by atoms with Crippen molar-refractivity contribution in [1.29, 1.82) is 0 Å². The monoisotopic (exact) mass is 454 g/mol. The summed E-state index contributed by atoms with van der Waals surface area (Å²) >= 11 is 6.45. The van der Waals surface area contributed by atoms with Crippen LogP contribution in [0.4, 0.5) is 10.6 Å². The van der Waals surface area contributed by atoms with Gasteiger partial charge in [-0.05, 0) is 76.0 Å². The van der Waals surface area contributed by atoms with Crippen LogP contribution in [0.1, 0.15) is 51.2 Å². The van der Waals surface area contributed by atoms with Gasteiger partial charge in [-0.15, -0.1) is 0 Å². The smallest absolute Gasteiger partial charge is 0.410 e. The average molecular weight is 455 g/mol. The van der Waals surface area contributed by atoms with Crippen LogP contribution in [0, 0.1) is 5.92 Å². The number of benzene rings is 1. The Morgan fingerprint density at radius 2 is 1.94 bits per heavy atom. The summed E-state index contributed by atoms with van der Waals surface area (Å²) in [5.74, 6) is 1.36. The van der Waals surface area contributed by atoms with Gasteiger partial charge in [-0.25, -0.2) is 14.8 Å². The molecule has 6 nitrogen and oxygen atoms in total. The molecular formula is C25H31ClN4O2. The van der Waals surface area contributed by atoms with Crippen molar-refractivity contribution in [3.8, 4) is 11.3 Å². The number of aromatic nitrogens is 2. The number of carbonyl (C=O) groups excluding carboxylic acids is 1. The maximum atomic E-state index is 12.9. The van der Waals surface area contributed by atoms with Crippen LogP contribution in [0.3, 0.4) is 0 Å². The largest absolute Gasteiger partial charge is 0.444 e. The Labute approximate surface area is 194 Å². The Hall–Kier alpha value is -2.34. The van der Waals surface area contributed by atoms with Crippen molar-refractivity contribution in [2.45, 2.75) is 64.5 Å². The molecule has 32 heavy (non-hydrogen) atoms. The first-order valence-corrected chi connectivity index (χ1v) is 12.1. The molecule has 1 aliphatic carbocycles. The second kappa shape index (κ2) is 8.22. The summed E-state index contributed by atoms with van der Waals surface area (Å²) in [4.78, 5) is 26.6. The van der Waals surface area contributed by atoms with Gasteiger partial charge in [0.1, 0.15) is 11.4 Å². The zero-order chi connectivity index (χ0) is 22.5. The van der Waals surface area contributed by atoms with E-state index in [9.17, 15) is 4.79 Å². The Morgan fingerprint density at radius 1 is 1.12 bits per heavy atom. The number of amides is 1. The van der Waals surface area contributed by atoms with Crippen LogP contribution in [0.15, 0.2) is 24.3 Å². The number of nitrogens with zero attached hydrogens (tertiary/aromatic N) is 4. The lowest BCUT2D eigenvalue weighted by Gasteiger charge is -2.37. The van der Waals surface area contributed by atoms with Gasteiger partial charge < -0.3 is 14.5 Å². The highest BCUT2D eigenvalue weighted by molar-refractivity contribution is 6.28. The van der Waals surface area contributed by atoms with Crippen LogP contribution in [-0.4, -0.2) is 52.2 Å². The number of likely N-dealkylation sites (tertiary alicyclic amines) is 1. The van der Waals surface area contributed by atoms with Gasteiger partial charge in [-0.3, -0.25) is 0 Å². The van der Waals surface area contributed by atoms with Gasteiger partial charge in [0.25, 0.3) is 0 Å². The summed E-state index contributed by atoms with van der Waals surface area (Å²) in [7, 11) is 0. The van der Waals surface area contributed by atoms with E-state index in [4.69, 9.17) is 21.3 Å². The van der Waals surface area contributed by atoms with Gasteiger partial charge in [-0.1, -0.05) is 24.3 Å². The van der Waals surface area contributed by atoms with Crippen molar-refractivity contribution in [2.75, 3.05) is 24.5 Å². The highest BCUT2D eigenvalue weighted by Crippen LogP contribution is 2.40. The Bertz CT molecular complexity index is 1040. The standard InChI is InChI=1S/C25H31ClN4O2/c1-25(2,3)32-24(31)30-13-7-10-17-14-29(15-20(17)30)22-19-12-6-9-16-8-4-5-11-18(16)21(19)27-23(26)28-22/h4-5,8,11,17,20H,6-7,9-10,12-15H2,1-3H3. The molecule has 2 fully saturated rings. The summed E-state index contributed by atoms with van der Waals surface area (Å²) in [5.41, 5.74) is 4.14. The minimum absolute atomic E-state index is 0.140. The number of piperidine rings is 1. The zero-order valence-electron chi connectivity index (χ0n) is 19.1. The number of hydrogen-bond acceptors (Lipinski definition) is 5. The van der Waals surface area contributed by atoms with E-state index in [2.05, 4.69) is 34.1 Å². The van der Waals surface area contributed by atoms with E-state index >= 15 is 0 Å². The van der Waals surface area contributed by atoms with Gasteiger partial charge in [0.05, 0.1) is 11.7 Å². The molecule has 0 bridgehead atoms. The number of halogens is 1. The molecule has 2 saturated heterocycles. The van der Waals surface area contributed by atoms with Crippen molar-refractivity contribution < 1.29 is 9.53 Å². The predicted octanol–water partition coefficient (Wildman–Crippen LogP) is 5.12. The highest BCUT2D eigenvalue weighted by Gasteiger charge is 2.43. The third-order valence-corrected chi connectivity index (χ3v) is 6.98. The number of fused-ring (bicyclic) bond motifs is 4. The number of rotatable bonds is 1. The third-order valence-electron chi connectivity index (χ3n) is 6.81. The van der Waals surface area contributed by atoms with Crippen molar-refractivity contribution in [1.82, 2.24) is 14.9 Å². The fourth-order valence-electron chi connectivity index (χ4n) is 5.49. The lowest BCUT2D eigenvalue weighted by atomic mass is 9.92. The van der Waals surface area contributed by atoms with Crippen LogP contribution >= 0.6 is 11.6 Å². The van der Waals surface area contributed by atoms with E-state index in [1.165, 1.54) is 11.1 Å². The van der Waals surface area contributed by atoms with Gasteiger partial charge >= 0.3 is 6.09 Å². The summed E-state index contributed by atoms with van der Waals surface area (Å²) in [6.07, 6.45) is 4.93. The Morgan fingerprint density at radius 3 is 2.75 bits per heavy atom. The Kier molecular flexibility index (Phi) is 5.52. The molecule has 5 rings (SSSR count). The first-order valence-electron chi connectivity index (χ1n) is 11.7. The van der Waals surface area contributed by atoms with E-state index in [0.29, 0.717) is 5.92 Å². The van der Waals surface area contributed by atoms with Crippen molar-refractivity contribution in [2.24, 2.45) is 5.92 Å². The number of ether oxygens (including phenoxy) is 1. The maximum absolute atomic E-state index is 12.9.